The lowest BCUT2D eigenvalue weighted by Crippen LogP contribution is -2.28. The highest BCUT2D eigenvalue weighted by Crippen LogP contribution is 2.23. The number of carbonyl (C=O) groups excluding carboxylic acids is 1. The number of aromatic nitrogens is 1. The van der Waals surface area contributed by atoms with Crippen molar-refractivity contribution in [3.63, 3.8) is 0 Å². The van der Waals surface area contributed by atoms with Crippen molar-refractivity contribution in [2.75, 3.05) is 0 Å². The highest BCUT2D eigenvalue weighted by atomic mass is 32.2. The minimum absolute atomic E-state index is 0.0327. The topological polar surface area (TPSA) is 119 Å². The number of hydrogen-bond acceptors (Lipinski definition) is 6. The van der Waals surface area contributed by atoms with Crippen LogP contribution in [0.2, 0.25) is 0 Å². The molecule has 0 atom stereocenters. The van der Waals surface area contributed by atoms with Gasteiger partial charge in [0.15, 0.2) is 0 Å². The van der Waals surface area contributed by atoms with Crippen molar-refractivity contribution in [1.29, 1.82) is 0 Å². The van der Waals surface area contributed by atoms with Crippen LogP contribution < -0.4 is 5.32 Å². The molecule has 0 aliphatic carbocycles. The number of nitrogens with zero attached hydrogens (tertiary/aromatic N) is 2. The molecule has 9 heteroatoms. The Balaban J connectivity index is 1.97. The van der Waals surface area contributed by atoms with Crippen LogP contribution in [0.4, 0.5) is 5.69 Å². The van der Waals surface area contributed by atoms with Gasteiger partial charge in [0.05, 0.1) is 9.82 Å². The SMILES string of the molecule is O=C(NCc1cccnc1)C(=Cc1ccc([N+](=O)[O-])cc1)S(=O)(=O)c1ccccc1. The van der Waals surface area contributed by atoms with Gasteiger partial charge in [-0.2, -0.15) is 0 Å². The number of rotatable bonds is 7. The minimum atomic E-state index is -4.13. The van der Waals surface area contributed by atoms with E-state index in [1.54, 1.807) is 42.7 Å². The van der Waals surface area contributed by atoms with Crippen molar-refractivity contribution in [1.82, 2.24) is 10.3 Å². The summed E-state index contributed by atoms with van der Waals surface area (Å²) < 4.78 is 26.2. The van der Waals surface area contributed by atoms with Crippen LogP contribution in [-0.4, -0.2) is 24.2 Å². The first-order valence-electron chi connectivity index (χ1n) is 8.81. The molecule has 0 saturated carbocycles. The van der Waals surface area contributed by atoms with Crippen molar-refractivity contribution in [2.45, 2.75) is 11.4 Å². The van der Waals surface area contributed by atoms with Gasteiger partial charge in [-0.25, -0.2) is 8.42 Å². The predicted molar refractivity (Wildman–Crippen MR) is 111 cm³/mol. The average Bonchev–Trinajstić information content (AvgIpc) is 2.77. The molecule has 1 N–H and O–H groups in total. The maximum atomic E-state index is 13.1. The molecule has 30 heavy (non-hydrogen) atoms. The minimum Gasteiger partial charge on any atom is -0.347 e. The molecule has 3 rings (SSSR count). The second-order valence-electron chi connectivity index (χ2n) is 6.22. The third-order valence-electron chi connectivity index (χ3n) is 4.14. The Hall–Kier alpha value is -3.85. The van der Waals surface area contributed by atoms with Gasteiger partial charge >= 0.3 is 0 Å². The number of amides is 1. The molecule has 0 saturated heterocycles. The predicted octanol–water partition coefficient (Wildman–Crippen LogP) is 3.12. The van der Waals surface area contributed by atoms with Gasteiger partial charge in [0.2, 0.25) is 9.84 Å². The van der Waals surface area contributed by atoms with E-state index in [-0.39, 0.29) is 17.1 Å². The summed E-state index contributed by atoms with van der Waals surface area (Å²) in [5.74, 6) is -0.791. The van der Waals surface area contributed by atoms with E-state index >= 15 is 0 Å². The number of nitrogens with one attached hydrogen (secondary N) is 1. The van der Waals surface area contributed by atoms with E-state index < -0.39 is 25.6 Å². The van der Waals surface area contributed by atoms with Crippen molar-refractivity contribution < 1.29 is 18.1 Å². The van der Waals surface area contributed by atoms with E-state index in [1.165, 1.54) is 42.5 Å². The normalized spacial score (nSPS) is 11.7. The van der Waals surface area contributed by atoms with Gasteiger partial charge in [-0.15, -0.1) is 0 Å². The molecule has 0 unspecified atom stereocenters. The molecule has 1 aromatic heterocycles. The maximum Gasteiger partial charge on any atom is 0.269 e. The van der Waals surface area contributed by atoms with Crippen molar-refractivity contribution >= 4 is 27.5 Å². The van der Waals surface area contributed by atoms with Crippen LogP contribution in [0.25, 0.3) is 6.08 Å². The highest BCUT2D eigenvalue weighted by Gasteiger charge is 2.27. The third-order valence-corrected chi connectivity index (χ3v) is 5.92. The summed E-state index contributed by atoms with van der Waals surface area (Å²) in [6.07, 6.45) is 4.35. The lowest BCUT2D eigenvalue weighted by Gasteiger charge is -2.11. The average molecular weight is 423 g/mol. The second kappa shape index (κ2) is 9.10. The third kappa shape index (κ3) is 4.95. The number of pyridine rings is 1. The molecule has 0 fully saturated rings. The molecule has 3 aromatic rings. The summed E-state index contributed by atoms with van der Waals surface area (Å²) in [7, 11) is -4.13. The Morgan fingerprint density at radius 2 is 1.73 bits per heavy atom. The van der Waals surface area contributed by atoms with Crippen LogP contribution >= 0.6 is 0 Å². The zero-order chi connectivity index (χ0) is 21.6. The molecule has 0 aliphatic heterocycles. The van der Waals surface area contributed by atoms with Gasteiger partial charge in [0.1, 0.15) is 4.91 Å². The maximum absolute atomic E-state index is 13.1. The fourth-order valence-electron chi connectivity index (χ4n) is 2.61. The molecule has 0 radical (unpaired) electrons. The lowest BCUT2D eigenvalue weighted by molar-refractivity contribution is -0.384. The summed E-state index contributed by atoms with van der Waals surface area (Å²) in [5.41, 5.74) is 0.907. The van der Waals surface area contributed by atoms with E-state index in [0.717, 1.165) is 0 Å². The zero-order valence-corrected chi connectivity index (χ0v) is 16.5. The largest absolute Gasteiger partial charge is 0.347 e. The Bertz CT molecular complexity index is 1180. The van der Waals surface area contributed by atoms with Gasteiger partial charge in [-0.1, -0.05) is 24.3 Å². The van der Waals surface area contributed by atoms with Gasteiger partial charge in [0, 0.05) is 31.1 Å². The lowest BCUT2D eigenvalue weighted by atomic mass is 10.2. The fourth-order valence-corrected chi connectivity index (χ4v) is 3.98. The van der Waals surface area contributed by atoms with Crippen LogP contribution in [-0.2, 0) is 21.2 Å². The molecule has 0 bridgehead atoms. The molecule has 8 nitrogen and oxygen atoms in total. The number of nitro groups is 1. The quantitative estimate of drug-likeness (QED) is 0.354. The standard InChI is InChI=1S/C21H17N3O5S/c25-21(23-15-17-5-4-12-22-14-17)20(30(28,29)19-6-2-1-3-7-19)13-16-8-10-18(11-9-16)24(26)27/h1-14H,15H2,(H,23,25). The second-order valence-corrected chi connectivity index (χ2v) is 8.14. The van der Waals surface area contributed by atoms with E-state index in [0.29, 0.717) is 11.1 Å². The number of benzene rings is 2. The molecular formula is C21H17N3O5S. The van der Waals surface area contributed by atoms with Crippen molar-refractivity contribution in [3.8, 4) is 0 Å². The molecule has 1 amide bonds. The Morgan fingerprint density at radius 3 is 2.33 bits per heavy atom. The van der Waals surface area contributed by atoms with Crippen molar-refractivity contribution in [3.05, 3.63) is 105 Å². The number of non-ortho nitro benzene ring substituents is 1. The molecule has 1 heterocycles. The first-order valence-corrected chi connectivity index (χ1v) is 10.3. The Kier molecular flexibility index (Phi) is 6.33. The molecule has 0 aliphatic rings. The Morgan fingerprint density at radius 1 is 1.03 bits per heavy atom. The first-order chi connectivity index (χ1) is 14.4. The van der Waals surface area contributed by atoms with E-state index in [2.05, 4.69) is 10.3 Å². The number of carbonyl (C=O) groups is 1. The van der Waals surface area contributed by atoms with Crippen LogP contribution in [0.1, 0.15) is 11.1 Å². The first kappa shape index (κ1) is 20.9. The van der Waals surface area contributed by atoms with E-state index in [9.17, 15) is 23.3 Å². The van der Waals surface area contributed by atoms with Crippen molar-refractivity contribution in [2.24, 2.45) is 0 Å². The molecular weight excluding hydrogens is 406 g/mol. The number of sulfone groups is 1. The molecule has 152 valence electrons. The summed E-state index contributed by atoms with van der Waals surface area (Å²) >= 11 is 0. The van der Waals surface area contributed by atoms with Crippen LogP contribution in [0.5, 0.6) is 0 Å². The summed E-state index contributed by atoms with van der Waals surface area (Å²) in [6, 6.07) is 16.3. The van der Waals surface area contributed by atoms with Gasteiger partial charge < -0.3 is 5.32 Å². The highest BCUT2D eigenvalue weighted by molar-refractivity contribution is 7.96. The number of hydrogen-bond donors (Lipinski definition) is 1. The number of nitro benzene ring substituents is 1. The molecule has 2 aromatic carbocycles. The zero-order valence-electron chi connectivity index (χ0n) is 15.6. The molecule has 0 spiro atoms. The van der Waals surface area contributed by atoms with Gasteiger partial charge in [-0.05, 0) is 47.5 Å². The van der Waals surface area contributed by atoms with E-state index in [4.69, 9.17) is 0 Å². The van der Waals surface area contributed by atoms with Gasteiger partial charge in [0.25, 0.3) is 11.6 Å². The van der Waals surface area contributed by atoms with Crippen LogP contribution in [0.15, 0.2) is 88.9 Å². The fraction of sp³-hybridized carbons (Fsp3) is 0.0476. The van der Waals surface area contributed by atoms with Crippen LogP contribution in [0.3, 0.4) is 0 Å². The van der Waals surface area contributed by atoms with E-state index in [1.807, 2.05) is 0 Å². The Labute approximate surface area is 173 Å². The van der Waals surface area contributed by atoms with Gasteiger partial charge in [-0.3, -0.25) is 19.9 Å². The smallest absolute Gasteiger partial charge is 0.269 e. The van der Waals surface area contributed by atoms with Crippen LogP contribution in [0, 0.1) is 10.1 Å². The summed E-state index contributed by atoms with van der Waals surface area (Å²) in [4.78, 5) is 26.6. The summed E-state index contributed by atoms with van der Waals surface area (Å²) in [5, 5.41) is 13.4. The monoisotopic (exact) mass is 423 g/mol. The summed E-state index contributed by atoms with van der Waals surface area (Å²) in [6.45, 7) is 0.0918.